The SMILES string of the molecule is CCCC1CC1NC1CCCc2ccccc21. The lowest BCUT2D eigenvalue weighted by Gasteiger charge is -2.26. The number of hydrogen-bond acceptors (Lipinski definition) is 1. The van der Waals surface area contributed by atoms with Gasteiger partial charge in [0.05, 0.1) is 0 Å². The summed E-state index contributed by atoms with van der Waals surface area (Å²) in [4.78, 5) is 0. The van der Waals surface area contributed by atoms with Gasteiger partial charge in [0.15, 0.2) is 0 Å². The summed E-state index contributed by atoms with van der Waals surface area (Å²) in [7, 11) is 0. The first-order valence-corrected chi connectivity index (χ1v) is 7.22. The second kappa shape index (κ2) is 4.81. The van der Waals surface area contributed by atoms with Gasteiger partial charge < -0.3 is 5.32 Å². The third kappa shape index (κ3) is 2.40. The Morgan fingerprint density at radius 1 is 1.29 bits per heavy atom. The average Bonchev–Trinajstić information content (AvgIpc) is 3.08. The van der Waals surface area contributed by atoms with Crippen molar-refractivity contribution in [2.24, 2.45) is 5.92 Å². The number of hydrogen-bond donors (Lipinski definition) is 1. The highest BCUT2D eigenvalue weighted by molar-refractivity contribution is 5.32. The van der Waals surface area contributed by atoms with Crippen molar-refractivity contribution in [3.05, 3.63) is 35.4 Å². The highest BCUT2D eigenvalue weighted by Crippen LogP contribution is 2.38. The van der Waals surface area contributed by atoms with Gasteiger partial charge in [-0.25, -0.2) is 0 Å². The summed E-state index contributed by atoms with van der Waals surface area (Å²) in [5, 5.41) is 3.88. The maximum atomic E-state index is 3.88. The lowest BCUT2D eigenvalue weighted by atomic mass is 9.87. The molecule has 1 heteroatoms. The Balaban J connectivity index is 1.66. The summed E-state index contributed by atoms with van der Waals surface area (Å²) in [6, 6.07) is 10.4. The molecule has 0 saturated heterocycles. The number of nitrogens with one attached hydrogen (secondary N) is 1. The average molecular weight is 229 g/mol. The Hall–Kier alpha value is -0.820. The van der Waals surface area contributed by atoms with Crippen LogP contribution in [-0.2, 0) is 6.42 Å². The highest BCUT2D eigenvalue weighted by Gasteiger charge is 2.37. The Kier molecular flexibility index (Phi) is 3.19. The van der Waals surface area contributed by atoms with E-state index in [1.165, 1.54) is 38.5 Å². The molecule has 3 rings (SSSR count). The van der Waals surface area contributed by atoms with Gasteiger partial charge in [-0.15, -0.1) is 0 Å². The van der Waals surface area contributed by atoms with Crippen LogP contribution in [0.4, 0.5) is 0 Å². The van der Waals surface area contributed by atoms with Gasteiger partial charge in [0.1, 0.15) is 0 Å². The van der Waals surface area contributed by atoms with Gasteiger partial charge in [0.25, 0.3) is 0 Å². The summed E-state index contributed by atoms with van der Waals surface area (Å²) in [5.74, 6) is 0.967. The van der Waals surface area contributed by atoms with Crippen LogP contribution in [0.2, 0.25) is 0 Å². The van der Waals surface area contributed by atoms with E-state index >= 15 is 0 Å². The minimum atomic E-state index is 0.631. The fraction of sp³-hybridized carbons (Fsp3) is 0.625. The minimum Gasteiger partial charge on any atom is -0.307 e. The second-order valence-electron chi connectivity index (χ2n) is 5.70. The van der Waals surface area contributed by atoms with Crippen LogP contribution >= 0.6 is 0 Å². The normalized spacial score (nSPS) is 31.0. The van der Waals surface area contributed by atoms with E-state index in [-0.39, 0.29) is 0 Å². The zero-order chi connectivity index (χ0) is 11.7. The van der Waals surface area contributed by atoms with Gasteiger partial charge in [-0.05, 0) is 49.1 Å². The van der Waals surface area contributed by atoms with Crippen molar-refractivity contribution in [3.63, 3.8) is 0 Å². The van der Waals surface area contributed by atoms with Crippen molar-refractivity contribution in [1.82, 2.24) is 5.32 Å². The molecule has 1 N–H and O–H groups in total. The number of aryl methyl sites for hydroxylation is 1. The summed E-state index contributed by atoms with van der Waals surface area (Å²) >= 11 is 0. The third-order valence-electron chi connectivity index (χ3n) is 4.37. The van der Waals surface area contributed by atoms with E-state index in [4.69, 9.17) is 0 Å². The van der Waals surface area contributed by atoms with Crippen LogP contribution in [0.15, 0.2) is 24.3 Å². The first kappa shape index (κ1) is 11.3. The monoisotopic (exact) mass is 229 g/mol. The van der Waals surface area contributed by atoms with Gasteiger partial charge >= 0.3 is 0 Å². The molecule has 1 nitrogen and oxygen atoms in total. The first-order valence-electron chi connectivity index (χ1n) is 7.22. The zero-order valence-corrected chi connectivity index (χ0v) is 10.8. The Bertz CT molecular complexity index is 385. The third-order valence-corrected chi connectivity index (χ3v) is 4.37. The van der Waals surface area contributed by atoms with Crippen LogP contribution in [-0.4, -0.2) is 6.04 Å². The zero-order valence-electron chi connectivity index (χ0n) is 10.8. The molecule has 1 saturated carbocycles. The molecule has 1 aromatic carbocycles. The van der Waals surface area contributed by atoms with E-state index in [9.17, 15) is 0 Å². The quantitative estimate of drug-likeness (QED) is 0.827. The molecule has 0 bridgehead atoms. The summed E-state index contributed by atoms with van der Waals surface area (Å²) in [5.41, 5.74) is 3.14. The van der Waals surface area contributed by atoms with E-state index in [2.05, 4.69) is 36.5 Å². The predicted molar refractivity (Wildman–Crippen MR) is 72.1 cm³/mol. The Labute approximate surface area is 105 Å². The van der Waals surface area contributed by atoms with Crippen molar-refractivity contribution >= 4 is 0 Å². The maximum absolute atomic E-state index is 3.88. The Morgan fingerprint density at radius 2 is 2.18 bits per heavy atom. The molecule has 17 heavy (non-hydrogen) atoms. The van der Waals surface area contributed by atoms with Crippen molar-refractivity contribution < 1.29 is 0 Å². The van der Waals surface area contributed by atoms with Crippen molar-refractivity contribution in [2.45, 2.75) is 57.5 Å². The van der Waals surface area contributed by atoms with E-state index < -0.39 is 0 Å². The minimum absolute atomic E-state index is 0.631. The van der Waals surface area contributed by atoms with E-state index in [1.54, 1.807) is 11.1 Å². The van der Waals surface area contributed by atoms with E-state index in [0.717, 1.165) is 12.0 Å². The number of fused-ring (bicyclic) bond motifs is 1. The molecule has 1 fully saturated rings. The van der Waals surface area contributed by atoms with Crippen LogP contribution in [0.5, 0.6) is 0 Å². The van der Waals surface area contributed by atoms with Gasteiger partial charge in [-0.1, -0.05) is 37.6 Å². The molecule has 1 aromatic rings. The number of benzene rings is 1. The lowest BCUT2D eigenvalue weighted by Crippen LogP contribution is -2.27. The molecule has 2 aliphatic rings. The summed E-state index contributed by atoms with van der Waals surface area (Å²) in [6.07, 6.45) is 8.10. The van der Waals surface area contributed by atoms with E-state index in [1.807, 2.05) is 0 Å². The molecule has 3 unspecified atom stereocenters. The van der Waals surface area contributed by atoms with Crippen molar-refractivity contribution in [2.75, 3.05) is 0 Å². The maximum Gasteiger partial charge on any atom is 0.0325 e. The van der Waals surface area contributed by atoms with Gasteiger partial charge in [0.2, 0.25) is 0 Å². The lowest BCUT2D eigenvalue weighted by molar-refractivity contribution is 0.442. The van der Waals surface area contributed by atoms with E-state index in [0.29, 0.717) is 6.04 Å². The molecule has 0 heterocycles. The van der Waals surface area contributed by atoms with Crippen LogP contribution in [0, 0.1) is 5.92 Å². The molecule has 92 valence electrons. The molecule has 0 aliphatic heterocycles. The van der Waals surface area contributed by atoms with Crippen LogP contribution in [0.1, 0.15) is 56.2 Å². The summed E-state index contributed by atoms with van der Waals surface area (Å²) in [6.45, 7) is 2.30. The summed E-state index contributed by atoms with van der Waals surface area (Å²) < 4.78 is 0. The van der Waals surface area contributed by atoms with Crippen molar-refractivity contribution in [3.8, 4) is 0 Å². The van der Waals surface area contributed by atoms with Crippen molar-refractivity contribution in [1.29, 1.82) is 0 Å². The predicted octanol–water partition coefficient (Wildman–Crippen LogP) is 3.84. The standard InChI is InChI=1S/C16H23N/c1-2-6-13-11-16(13)17-15-10-5-8-12-7-3-4-9-14(12)15/h3-4,7,9,13,15-17H,2,5-6,8,10-11H2,1H3. The molecule has 0 aromatic heterocycles. The fourth-order valence-corrected chi connectivity index (χ4v) is 3.33. The fourth-order valence-electron chi connectivity index (χ4n) is 3.33. The van der Waals surface area contributed by atoms with Crippen LogP contribution in [0.3, 0.4) is 0 Å². The van der Waals surface area contributed by atoms with Crippen LogP contribution < -0.4 is 5.32 Å². The number of rotatable bonds is 4. The van der Waals surface area contributed by atoms with Crippen LogP contribution in [0.25, 0.3) is 0 Å². The van der Waals surface area contributed by atoms with Gasteiger partial charge in [-0.2, -0.15) is 0 Å². The molecule has 0 amide bonds. The molecule has 2 aliphatic carbocycles. The molecular weight excluding hydrogens is 206 g/mol. The highest BCUT2D eigenvalue weighted by atomic mass is 15.0. The first-order chi connectivity index (χ1) is 8.38. The van der Waals surface area contributed by atoms with Gasteiger partial charge in [-0.3, -0.25) is 0 Å². The largest absolute Gasteiger partial charge is 0.307 e. The Morgan fingerprint density at radius 3 is 3.06 bits per heavy atom. The van der Waals surface area contributed by atoms with Gasteiger partial charge in [0, 0.05) is 12.1 Å². The molecule has 0 radical (unpaired) electrons. The second-order valence-corrected chi connectivity index (χ2v) is 5.70. The smallest absolute Gasteiger partial charge is 0.0325 e. The topological polar surface area (TPSA) is 12.0 Å². The molecular formula is C16H23N. The molecule has 3 atom stereocenters. The molecule has 0 spiro atoms.